The third-order valence-corrected chi connectivity index (χ3v) is 4.34. The quantitative estimate of drug-likeness (QED) is 0.932. The molecule has 2 aliphatic heterocycles. The first-order valence-electron chi connectivity index (χ1n) is 7.10. The lowest BCUT2D eigenvalue weighted by Gasteiger charge is -2.32. The summed E-state index contributed by atoms with van der Waals surface area (Å²) in [6.45, 7) is 4.16. The first-order valence-corrected chi connectivity index (χ1v) is 7.48. The predicted octanol–water partition coefficient (Wildman–Crippen LogP) is 2.97. The fourth-order valence-corrected chi connectivity index (χ4v) is 3.33. The molecule has 3 rings (SSSR count). The van der Waals surface area contributed by atoms with E-state index in [9.17, 15) is 4.79 Å². The van der Waals surface area contributed by atoms with Crippen LogP contribution in [0.4, 0.5) is 0 Å². The molecule has 112 valence electrons. The van der Waals surface area contributed by atoms with Crippen molar-refractivity contribution in [3.63, 3.8) is 0 Å². The summed E-state index contributed by atoms with van der Waals surface area (Å²) in [5, 5.41) is 9.50. The van der Waals surface area contributed by atoms with E-state index in [1.165, 1.54) is 0 Å². The van der Waals surface area contributed by atoms with Crippen LogP contribution in [0.25, 0.3) is 6.08 Å². The number of carbonyl (C=O) groups is 1. The van der Waals surface area contributed by atoms with Gasteiger partial charge in [-0.1, -0.05) is 17.7 Å². The van der Waals surface area contributed by atoms with Crippen molar-refractivity contribution in [2.45, 2.75) is 25.4 Å². The van der Waals surface area contributed by atoms with Gasteiger partial charge in [-0.05, 0) is 30.7 Å². The summed E-state index contributed by atoms with van der Waals surface area (Å²) < 4.78 is 6.27. The summed E-state index contributed by atoms with van der Waals surface area (Å²) in [5.74, 6) is 0.133. The van der Waals surface area contributed by atoms with Gasteiger partial charge in [-0.3, -0.25) is 9.69 Å². The van der Waals surface area contributed by atoms with E-state index in [0.29, 0.717) is 11.6 Å². The van der Waals surface area contributed by atoms with Gasteiger partial charge in [0.15, 0.2) is 0 Å². The molecule has 0 aliphatic carbocycles. The van der Waals surface area contributed by atoms with Crippen molar-refractivity contribution in [2.24, 2.45) is 0 Å². The number of aryl methyl sites for hydroxylation is 1. The van der Waals surface area contributed by atoms with Gasteiger partial charge in [0.25, 0.3) is 0 Å². The highest BCUT2D eigenvalue weighted by Crippen LogP contribution is 2.39. The molecule has 4 nitrogen and oxygen atoms in total. The average molecular weight is 308 g/mol. The number of hydrogen-bond acceptors (Lipinski definition) is 3. The van der Waals surface area contributed by atoms with Gasteiger partial charge >= 0.3 is 5.97 Å². The molecule has 2 heterocycles. The van der Waals surface area contributed by atoms with Crippen LogP contribution in [0.15, 0.2) is 18.2 Å². The third-order valence-electron chi connectivity index (χ3n) is 4.12. The first-order chi connectivity index (χ1) is 9.97. The molecule has 21 heavy (non-hydrogen) atoms. The van der Waals surface area contributed by atoms with Crippen LogP contribution in [0.2, 0.25) is 5.02 Å². The lowest BCUT2D eigenvalue weighted by Crippen LogP contribution is -2.39. The Morgan fingerprint density at radius 3 is 3.10 bits per heavy atom. The zero-order chi connectivity index (χ0) is 15.0. The van der Waals surface area contributed by atoms with Gasteiger partial charge in [-0.2, -0.15) is 0 Å². The van der Waals surface area contributed by atoms with Crippen LogP contribution >= 0.6 is 11.6 Å². The fraction of sp³-hybridized carbons (Fsp3) is 0.438. The van der Waals surface area contributed by atoms with Crippen molar-refractivity contribution in [3.8, 4) is 5.75 Å². The van der Waals surface area contributed by atoms with Crippen LogP contribution in [0.3, 0.4) is 0 Å². The lowest BCUT2D eigenvalue weighted by molar-refractivity contribution is -0.137. The number of nitrogens with zero attached hydrogens (tertiary/aromatic N) is 1. The van der Waals surface area contributed by atoms with Gasteiger partial charge in [0, 0.05) is 36.6 Å². The largest absolute Gasteiger partial charge is 0.481 e. The number of aliphatic carboxylic acids is 1. The molecule has 5 heteroatoms. The van der Waals surface area contributed by atoms with Gasteiger partial charge in [0.2, 0.25) is 0 Å². The van der Waals surface area contributed by atoms with Gasteiger partial charge in [-0.15, -0.1) is 0 Å². The highest BCUT2D eigenvalue weighted by molar-refractivity contribution is 6.30. The molecule has 0 saturated carbocycles. The van der Waals surface area contributed by atoms with Crippen molar-refractivity contribution >= 4 is 23.6 Å². The molecule has 0 amide bonds. The van der Waals surface area contributed by atoms with E-state index >= 15 is 0 Å². The topological polar surface area (TPSA) is 49.8 Å². The molecule has 2 aliphatic rings. The molecule has 0 bridgehead atoms. The second kappa shape index (κ2) is 5.35. The number of carboxylic acid groups (broad SMARTS) is 1. The zero-order valence-electron chi connectivity index (χ0n) is 11.9. The van der Waals surface area contributed by atoms with E-state index in [-0.39, 0.29) is 12.0 Å². The Labute approximate surface area is 129 Å². The van der Waals surface area contributed by atoms with Crippen LogP contribution in [-0.2, 0) is 4.79 Å². The molecular weight excluding hydrogens is 290 g/mol. The van der Waals surface area contributed by atoms with Crippen molar-refractivity contribution in [1.29, 1.82) is 0 Å². The number of halogens is 1. The van der Waals surface area contributed by atoms with Crippen molar-refractivity contribution in [2.75, 3.05) is 19.6 Å². The molecule has 1 N–H and O–H groups in total. The van der Waals surface area contributed by atoms with Crippen LogP contribution in [-0.4, -0.2) is 41.2 Å². The van der Waals surface area contributed by atoms with Gasteiger partial charge in [0.1, 0.15) is 11.4 Å². The van der Waals surface area contributed by atoms with Crippen LogP contribution < -0.4 is 4.74 Å². The Hall–Kier alpha value is -1.52. The molecule has 1 saturated heterocycles. The Morgan fingerprint density at radius 1 is 1.52 bits per heavy atom. The highest BCUT2D eigenvalue weighted by Gasteiger charge is 2.40. The SMILES string of the molecule is Cc1cc(Cl)cc2c1OC1(C=C2)CCN(CCC(=O)O)C1. The van der Waals surface area contributed by atoms with Crippen molar-refractivity contribution in [1.82, 2.24) is 4.90 Å². The maximum atomic E-state index is 10.7. The second-order valence-electron chi connectivity index (χ2n) is 5.81. The Kier molecular flexibility index (Phi) is 3.68. The predicted molar refractivity (Wildman–Crippen MR) is 81.9 cm³/mol. The van der Waals surface area contributed by atoms with Crippen molar-refractivity contribution < 1.29 is 14.6 Å². The Bertz CT molecular complexity index is 614. The Balaban J connectivity index is 1.76. The number of benzene rings is 1. The molecule has 1 aromatic carbocycles. The normalized spacial score (nSPS) is 24.1. The maximum Gasteiger partial charge on any atom is 0.304 e. The molecule has 1 unspecified atom stereocenters. The van der Waals surface area contributed by atoms with Gasteiger partial charge in [-0.25, -0.2) is 0 Å². The third kappa shape index (κ3) is 2.92. The second-order valence-corrected chi connectivity index (χ2v) is 6.25. The summed E-state index contributed by atoms with van der Waals surface area (Å²) in [6.07, 6.45) is 5.21. The van der Waals surface area contributed by atoms with Gasteiger partial charge < -0.3 is 9.84 Å². The molecule has 1 atom stereocenters. The summed E-state index contributed by atoms with van der Waals surface area (Å²) in [6, 6.07) is 3.81. The van der Waals surface area contributed by atoms with Crippen LogP contribution in [0, 0.1) is 6.92 Å². The van der Waals surface area contributed by atoms with E-state index in [4.69, 9.17) is 21.4 Å². The maximum absolute atomic E-state index is 10.7. The minimum absolute atomic E-state index is 0.172. The number of rotatable bonds is 3. The zero-order valence-corrected chi connectivity index (χ0v) is 12.7. The molecule has 1 fully saturated rings. The van der Waals surface area contributed by atoms with E-state index in [1.807, 2.05) is 19.1 Å². The van der Waals surface area contributed by atoms with E-state index < -0.39 is 5.97 Å². The molecule has 1 spiro atoms. The minimum Gasteiger partial charge on any atom is -0.481 e. The summed E-state index contributed by atoms with van der Waals surface area (Å²) in [4.78, 5) is 12.8. The highest BCUT2D eigenvalue weighted by atomic mass is 35.5. The van der Waals surface area contributed by atoms with Crippen molar-refractivity contribution in [3.05, 3.63) is 34.4 Å². The molecule has 1 aromatic rings. The number of ether oxygens (including phenoxy) is 1. The summed E-state index contributed by atoms with van der Waals surface area (Å²) in [7, 11) is 0. The minimum atomic E-state index is -0.758. The van der Waals surface area contributed by atoms with Crippen LogP contribution in [0.5, 0.6) is 5.75 Å². The monoisotopic (exact) mass is 307 g/mol. The first kappa shape index (κ1) is 14.4. The molecule has 0 aromatic heterocycles. The number of hydrogen-bond donors (Lipinski definition) is 1. The fourth-order valence-electron chi connectivity index (χ4n) is 3.05. The molecule has 0 radical (unpaired) electrons. The smallest absolute Gasteiger partial charge is 0.304 e. The molecular formula is C16H18ClNO3. The summed E-state index contributed by atoms with van der Waals surface area (Å²) >= 11 is 6.07. The number of likely N-dealkylation sites (tertiary alicyclic amines) is 1. The number of carboxylic acids is 1. The summed E-state index contributed by atoms with van der Waals surface area (Å²) in [5.41, 5.74) is 1.71. The van der Waals surface area contributed by atoms with E-state index in [0.717, 1.165) is 36.4 Å². The standard InChI is InChI=1S/C16H18ClNO3/c1-11-8-13(17)9-12-2-4-16(21-15(11)12)5-7-18(10-16)6-3-14(19)20/h2,4,8-9H,3,5-7,10H2,1H3,(H,19,20). The lowest BCUT2D eigenvalue weighted by atomic mass is 9.96. The number of fused-ring (bicyclic) bond motifs is 1. The van der Waals surface area contributed by atoms with E-state index in [2.05, 4.69) is 17.1 Å². The Morgan fingerprint density at radius 2 is 2.33 bits per heavy atom. The van der Waals surface area contributed by atoms with E-state index in [1.54, 1.807) is 0 Å². The van der Waals surface area contributed by atoms with Gasteiger partial charge in [0.05, 0.1) is 6.42 Å². The average Bonchev–Trinajstić information content (AvgIpc) is 2.81. The van der Waals surface area contributed by atoms with Crippen LogP contribution in [0.1, 0.15) is 24.0 Å².